The number of nitrogens with one attached hydrogen (secondary N) is 1. The van der Waals surface area contributed by atoms with Gasteiger partial charge in [0.1, 0.15) is 17.5 Å². The number of halogens is 1. The number of nitro benzene ring substituents is 1. The molecule has 0 bridgehead atoms. The molecule has 0 aliphatic heterocycles. The maximum absolute atomic E-state index is 12.9. The van der Waals surface area contributed by atoms with Crippen LogP contribution in [0.4, 0.5) is 15.8 Å². The number of hydrogen-bond acceptors (Lipinski definition) is 4. The predicted molar refractivity (Wildman–Crippen MR) is 64.5 cm³/mol. The second kappa shape index (κ2) is 5.44. The molecule has 0 fully saturated rings. The Balaban J connectivity index is 3.10. The lowest BCUT2D eigenvalue weighted by atomic mass is 10.0. The molecule has 3 N–H and O–H groups in total. The van der Waals surface area contributed by atoms with Crippen LogP contribution in [0.5, 0.6) is 0 Å². The van der Waals surface area contributed by atoms with Gasteiger partial charge >= 0.3 is 0 Å². The lowest BCUT2D eigenvalue weighted by Gasteiger charge is -2.19. The number of hydrogen-bond donors (Lipinski definition) is 2. The number of nitro groups is 1. The minimum absolute atomic E-state index is 0.0684. The largest absolute Gasteiger partial charge is 0.368 e. The summed E-state index contributed by atoms with van der Waals surface area (Å²) >= 11 is 0. The molecule has 0 heterocycles. The number of carbonyl (C=O) groups is 1. The van der Waals surface area contributed by atoms with Crippen LogP contribution in [0.25, 0.3) is 0 Å². The van der Waals surface area contributed by atoms with Crippen molar-refractivity contribution >= 4 is 17.3 Å². The molecule has 1 unspecified atom stereocenters. The number of carbonyl (C=O) groups excluding carboxylic acids is 1. The highest BCUT2D eigenvalue weighted by Gasteiger charge is 2.23. The molecule has 0 saturated heterocycles. The maximum Gasteiger partial charge on any atom is 0.295 e. The smallest absolute Gasteiger partial charge is 0.295 e. The second-order valence-electron chi connectivity index (χ2n) is 4.19. The van der Waals surface area contributed by atoms with Gasteiger partial charge in [0.2, 0.25) is 5.91 Å². The van der Waals surface area contributed by atoms with E-state index in [-0.39, 0.29) is 11.6 Å². The SMILES string of the molecule is CC(C)C(Nc1ccc(F)cc1[N+](=O)[O-])C(N)=O. The van der Waals surface area contributed by atoms with E-state index in [1.807, 2.05) is 0 Å². The molecular formula is C11H14FN3O3. The van der Waals surface area contributed by atoms with Gasteiger partial charge in [-0.15, -0.1) is 0 Å². The van der Waals surface area contributed by atoms with Gasteiger partial charge in [-0.1, -0.05) is 13.8 Å². The van der Waals surface area contributed by atoms with Crippen LogP contribution in [0, 0.1) is 21.8 Å². The molecule has 1 rings (SSSR count). The zero-order valence-electron chi connectivity index (χ0n) is 10.0. The van der Waals surface area contributed by atoms with E-state index >= 15 is 0 Å². The third-order valence-electron chi connectivity index (χ3n) is 2.44. The van der Waals surface area contributed by atoms with Crippen molar-refractivity contribution in [1.29, 1.82) is 0 Å². The first-order valence-corrected chi connectivity index (χ1v) is 5.32. The van der Waals surface area contributed by atoms with Crippen molar-refractivity contribution in [2.75, 3.05) is 5.32 Å². The van der Waals surface area contributed by atoms with E-state index < -0.39 is 28.4 Å². The van der Waals surface area contributed by atoms with Crippen molar-refractivity contribution in [1.82, 2.24) is 0 Å². The van der Waals surface area contributed by atoms with Gasteiger partial charge in [-0.2, -0.15) is 0 Å². The topological polar surface area (TPSA) is 98.3 Å². The van der Waals surface area contributed by atoms with E-state index in [1.165, 1.54) is 6.07 Å². The molecule has 0 aliphatic carbocycles. The van der Waals surface area contributed by atoms with Gasteiger partial charge in [-0.3, -0.25) is 14.9 Å². The Labute approximate surface area is 103 Å². The number of primary amides is 1. The second-order valence-corrected chi connectivity index (χ2v) is 4.19. The summed E-state index contributed by atoms with van der Waals surface area (Å²) in [5.74, 6) is -1.48. The third-order valence-corrected chi connectivity index (χ3v) is 2.44. The van der Waals surface area contributed by atoms with Gasteiger partial charge in [0.25, 0.3) is 5.69 Å². The van der Waals surface area contributed by atoms with Crippen molar-refractivity contribution in [3.05, 3.63) is 34.1 Å². The highest BCUT2D eigenvalue weighted by Crippen LogP contribution is 2.26. The Bertz CT molecular complexity index is 477. The average Bonchev–Trinajstić information content (AvgIpc) is 2.25. The molecule has 0 saturated carbocycles. The Morgan fingerprint density at radius 2 is 2.11 bits per heavy atom. The maximum atomic E-state index is 12.9. The highest BCUT2D eigenvalue weighted by atomic mass is 19.1. The summed E-state index contributed by atoms with van der Waals surface area (Å²) in [5, 5.41) is 13.5. The van der Waals surface area contributed by atoms with Crippen molar-refractivity contribution in [2.45, 2.75) is 19.9 Å². The number of anilines is 1. The first kappa shape index (κ1) is 13.9. The predicted octanol–water partition coefficient (Wildman–Crippen LogP) is 1.66. The molecule has 0 aliphatic rings. The monoisotopic (exact) mass is 255 g/mol. The minimum Gasteiger partial charge on any atom is -0.368 e. The number of benzene rings is 1. The summed E-state index contributed by atoms with van der Waals surface area (Å²) in [6.45, 7) is 3.50. The summed E-state index contributed by atoms with van der Waals surface area (Å²) in [5.41, 5.74) is 4.84. The number of nitrogens with zero attached hydrogens (tertiary/aromatic N) is 1. The highest BCUT2D eigenvalue weighted by molar-refractivity contribution is 5.84. The van der Waals surface area contributed by atoms with Gasteiger partial charge in [0.05, 0.1) is 11.0 Å². The van der Waals surface area contributed by atoms with Gasteiger partial charge in [0, 0.05) is 0 Å². The van der Waals surface area contributed by atoms with E-state index in [0.29, 0.717) is 0 Å². The zero-order chi connectivity index (χ0) is 13.9. The van der Waals surface area contributed by atoms with Crippen LogP contribution in [0.1, 0.15) is 13.8 Å². The first-order valence-electron chi connectivity index (χ1n) is 5.32. The molecule has 7 heteroatoms. The molecule has 0 radical (unpaired) electrons. The molecule has 1 aromatic carbocycles. The van der Waals surface area contributed by atoms with Gasteiger partial charge in [-0.25, -0.2) is 4.39 Å². The fourth-order valence-corrected chi connectivity index (χ4v) is 1.51. The summed E-state index contributed by atoms with van der Waals surface area (Å²) < 4.78 is 12.9. The number of nitrogens with two attached hydrogens (primary N) is 1. The van der Waals surface area contributed by atoms with Crippen LogP contribution in [-0.4, -0.2) is 16.9 Å². The number of rotatable bonds is 5. The van der Waals surface area contributed by atoms with Crippen molar-refractivity contribution in [3.63, 3.8) is 0 Å². The zero-order valence-corrected chi connectivity index (χ0v) is 10.0. The molecule has 98 valence electrons. The molecule has 1 aromatic rings. The average molecular weight is 255 g/mol. The summed E-state index contributed by atoms with van der Waals surface area (Å²) in [4.78, 5) is 21.3. The van der Waals surface area contributed by atoms with Gasteiger partial charge in [-0.05, 0) is 18.1 Å². The van der Waals surface area contributed by atoms with E-state index in [2.05, 4.69) is 5.32 Å². The van der Waals surface area contributed by atoms with Crippen LogP contribution in [-0.2, 0) is 4.79 Å². The fraction of sp³-hybridized carbons (Fsp3) is 0.364. The van der Waals surface area contributed by atoms with Crippen LogP contribution in [0.2, 0.25) is 0 Å². The van der Waals surface area contributed by atoms with E-state index in [9.17, 15) is 19.3 Å². The Morgan fingerprint density at radius 3 is 2.56 bits per heavy atom. The Morgan fingerprint density at radius 1 is 1.50 bits per heavy atom. The molecule has 1 atom stereocenters. The first-order chi connectivity index (χ1) is 8.32. The van der Waals surface area contributed by atoms with Crippen molar-refractivity contribution in [2.24, 2.45) is 11.7 Å². The molecule has 0 aromatic heterocycles. The standard InChI is InChI=1S/C11H14FN3O3/c1-6(2)10(11(13)16)14-8-4-3-7(12)5-9(8)15(17)18/h3-6,10,14H,1-2H3,(H2,13,16). The quantitative estimate of drug-likeness (QED) is 0.617. The van der Waals surface area contributed by atoms with Crippen LogP contribution < -0.4 is 11.1 Å². The molecule has 1 amide bonds. The van der Waals surface area contributed by atoms with Crippen molar-refractivity contribution < 1.29 is 14.1 Å². The molecule has 18 heavy (non-hydrogen) atoms. The molecule has 6 nitrogen and oxygen atoms in total. The molecular weight excluding hydrogens is 241 g/mol. The summed E-state index contributed by atoms with van der Waals surface area (Å²) in [6.07, 6.45) is 0. The van der Waals surface area contributed by atoms with Crippen LogP contribution in [0.3, 0.4) is 0 Å². The van der Waals surface area contributed by atoms with E-state index in [0.717, 1.165) is 12.1 Å². The Hall–Kier alpha value is -2.18. The minimum atomic E-state index is -0.755. The summed E-state index contributed by atoms with van der Waals surface area (Å²) in [7, 11) is 0. The normalized spacial score (nSPS) is 12.2. The van der Waals surface area contributed by atoms with Gasteiger partial charge in [0.15, 0.2) is 0 Å². The number of amides is 1. The molecule has 0 spiro atoms. The Kier molecular flexibility index (Phi) is 4.19. The van der Waals surface area contributed by atoms with Crippen LogP contribution >= 0.6 is 0 Å². The fourth-order valence-electron chi connectivity index (χ4n) is 1.51. The van der Waals surface area contributed by atoms with E-state index in [4.69, 9.17) is 5.73 Å². The lowest BCUT2D eigenvalue weighted by Crippen LogP contribution is -2.39. The lowest BCUT2D eigenvalue weighted by molar-refractivity contribution is -0.384. The van der Waals surface area contributed by atoms with Crippen molar-refractivity contribution in [3.8, 4) is 0 Å². The summed E-state index contributed by atoms with van der Waals surface area (Å²) in [6, 6.07) is 2.33. The van der Waals surface area contributed by atoms with Gasteiger partial charge < -0.3 is 11.1 Å². The van der Waals surface area contributed by atoms with Crippen LogP contribution in [0.15, 0.2) is 18.2 Å². The van der Waals surface area contributed by atoms with E-state index in [1.54, 1.807) is 13.8 Å². The third kappa shape index (κ3) is 3.16.